The van der Waals surface area contributed by atoms with Crippen molar-refractivity contribution in [1.29, 1.82) is 0 Å². The molecule has 3 heterocycles. The standard InChI is InChI=1S/C36H42FN3O4/c1-21(2)34-31(36(42)43)18-30-32(38-34)13-16-40(35(30)41)27-11-14-39(15-12-27)20-25-17-28(23-5-6-23)29(19-33(25)44-22(3)4)24-7-9-26(37)10-8-24/h7-10,17-19,21-23,27H,5-6,11-16,20H2,1-4H3,(H,42,43). The van der Waals surface area contributed by atoms with Gasteiger partial charge in [-0.2, -0.15) is 0 Å². The Bertz CT molecular complexity index is 1560. The molecule has 1 saturated heterocycles. The first-order chi connectivity index (χ1) is 21.1. The van der Waals surface area contributed by atoms with Crippen LogP contribution < -0.4 is 4.74 Å². The highest BCUT2D eigenvalue weighted by Crippen LogP contribution is 2.47. The number of carbonyl (C=O) groups excluding carboxylic acids is 1. The number of rotatable bonds is 9. The fourth-order valence-electron chi connectivity index (χ4n) is 6.76. The number of amides is 1. The van der Waals surface area contributed by atoms with Crippen LogP contribution in [0.2, 0.25) is 0 Å². The number of halogens is 1. The lowest BCUT2D eigenvalue weighted by Gasteiger charge is -2.40. The molecule has 2 fully saturated rings. The molecule has 0 bridgehead atoms. The maximum Gasteiger partial charge on any atom is 0.337 e. The number of ether oxygens (including phenoxy) is 1. The molecule has 1 N–H and O–H groups in total. The Morgan fingerprint density at radius 1 is 1.00 bits per heavy atom. The number of likely N-dealkylation sites (tertiary alicyclic amines) is 1. The first kappa shape index (κ1) is 30.3. The van der Waals surface area contributed by atoms with Crippen molar-refractivity contribution in [3.63, 3.8) is 0 Å². The SMILES string of the molecule is CC(C)Oc1cc(-c2ccc(F)cc2)c(C2CC2)cc1CN1CCC(N2CCc3nc(C(C)C)c(C(=O)O)cc3C2=O)CC1. The van der Waals surface area contributed by atoms with Crippen LogP contribution in [0, 0.1) is 5.82 Å². The second kappa shape index (κ2) is 12.3. The Balaban J connectivity index is 1.18. The number of hydrogen-bond acceptors (Lipinski definition) is 5. The largest absolute Gasteiger partial charge is 0.491 e. The van der Waals surface area contributed by atoms with Crippen molar-refractivity contribution >= 4 is 11.9 Å². The minimum absolute atomic E-state index is 0.0214. The number of carbonyl (C=O) groups is 2. The van der Waals surface area contributed by atoms with Crippen molar-refractivity contribution in [1.82, 2.24) is 14.8 Å². The zero-order chi connectivity index (χ0) is 31.1. The molecular weight excluding hydrogens is 557 g/mol. The zero-order valence-electron chi connectivity index (χ0n) is 26.1. The highest BCUT2D eigenvalue weighted by atomic mass is 19.1. The number of aromatic carboxylic acids is 1. The van der Waals surface area contributed by atoms with Gasteiger partial charge in [-0.3, -0.25) is 14.7 Å². The second-order valence-corrected chi connectivity index (χ2v) is 13.1. The highest BCUT2D eigenvalue weighted by molar-refractivity contribution is 5.99. The van der Waals surface area contributed by atoms with Crippen molar-refractivity contribution in [3.8, 4) is 16.9 Å². The molecule has 0 radical (unpaired) electrons. The van der Waals surface area contributed by atoms with E-state index < -0.39 is 5.97 Å². The van der Waals surface area contributed by atoms with Gasteiger partial charge >= 0.3 is 5.97 Å². The van der Waals surface area contributed by atoms with Crippen LogP contribution in [0.3, 0.4) is 0 Å². The van der Waals surface area contributed by atoms with Gasteiger partial charge in [-0.1, -0.05) is 26.0 Å². The Kier molecular flexibility index (Phi) is 8.46. The molecule has 2 aromatic carbocycles. The van der Waals surface area contributed by atoms with Gasteiger partial charge in [-0.05, 0) is 98.4 Å². The molecule has 0 unspecified atom stereocenters. The summed E-state index contributed by atoms with van der Waals surface area (Å²) in [6, 6.07) is 12.9. The number of benzene rings is 2. The lowest BCUT2D eigenvalue weighted by Crippen LogP contribution is -2.50. The summed E-state index contributed by atoms with van der Waals surface area (Å²) < 4.78 is 20.0. The predicted octanol–water partition coefficient (Wildman–Crippen LogP) is 7.04. The van der Waals surface area contributed by atoms with Crippen LogP contribution in [0.1, 0.15) is 108 Å². The minimum Gasteiger partial charge on any atom is -0.491 e. The van der Waals surface area contributed by atoms with E-state index in [1.165, 1.54) is 36.1 Å². The molecule has 1 aliphatic carbocycles. The van der Waals surface area contributed by atoms with E-state index in [0.29, 0.717) is 35.8 Å². The van der Waals surface area contributed by atoms with Crippen LogP contribution >= 0.6 is 0 Å². The summed E-state index contributed by atoms with van der Waals surface area (Å²) in [6.45, 7) is 11.0. The van der Waals surface area contributed by atoms with Gasteiger partial charge in [-0.15, -0.1) is 0 Å². The van der Waals surface area contributed by atoms with Gasteiger partial charge in [0.2, 0.25) is 0 Å². The number of fused-ring (bicyclic) bond motifs is 1. The Hall–Kier alpha value is -3.78. The normalized spacial score (nSPS) is 17.8. The fraction of sp³-hybridized carbons (Fsp3) is 0.472. The van der Waals surface area contributed by atoms with Crippen LogP contribution in [-0.2, 0) is 13.0 Å². The lowest BCUT2D eigenvalue weighted by atomic mass is 9.92. The van der Waals surface area contributed by atoms with Gasteiger partial charge < -0.3 is 14.7 Å². The van der Waals surface area contributed by atoms with Crippen molar-refractivity contribution in [2.75, 3.05) is 19.6 Å². The molecule has 1 aromatic heterocycles. The summed E-state index contributed by atoms with van der Waals surface area (Å²) in [6.07, 6.45) is 4.70. The zero-order valence-corrected chi connectivity index (χ0v) is 26.1. The van der Waals surface area contributed by atoms with Gasteiger partial charge in [-0.25, -0.2) is 9.18 Å². The van der Waals surface area contributed by atoms with E-state index in [2.05, 4.69) is 22.0 Å². The van der Waals surface area contributed by atoms with Crippen LogP contribution in [0.15, 0.2) is 42.5 Å². The topological polar surface area (TPSA) is 83.0 Å². The summed E-state index contributed by atoms with van der Waals surface area (Å²) in [5, 5.41) is 9.78. The van der Waals surface area contributed by atoms with Crippen LogP contribution in [0.25, 0.3) is 11.1 Å². The van der Waals surface area contributed by atoms with E-state index in [-0.39, 0.29) is 35.4 Å². The number of piperidine rings is 1. The second-order valence-electron chi connectivity index (χ2n) is 13.1. The molecule has 1 amide bonds. The number of pyridine rings is 1. The third-order valence-corrected chi connectivity index (χ3v) is 9.15. The van der Waals surface area contributed by atoms with E-state index in [9.17, 15) is 19.1 Å². The van der Waals surface area contributed by atoms with Gasteiger partial charge in [0.05, 0.1) is 28.6 Å². The van der Waals surface area contributed by atoms with Gasteiger partial charge in [0.25, 0.3) is 5.91 Å². The van der Waals surface area contributed by atoms with Crippen molar-refractivity contribution < 1.29 is 23.8 Å². The van der Waals surface area contributed by atoms with Crippen LogP contribution in [0.4, 0.5) is 4.39 Å². The van der Waals surface area contributed by atoms with Crippen molar-refractivity contribution in [3.05, 3.63) is 81.9 Å². The Labute approximate surface area is 259 Å². The Morgan fingerprint density at radius 3 is 2.32 bits per heavy atom. The van der Waals surface area contributed by atoms with Crippen LogP contribution in [-0.4, -0.2) is 63.5 Å². The molecule has 2 aliphatic heterocycles. The summed E-state index contributed by atoms with van der Waals surface area (Å²) in [7, 11) is 0. The number of nitrogens with zero attached hydrogens (tertiary/aromatic N) is 3. The number of aromatic nitrogens is 1. The monoisotopic (exact) mass is 599 g/mol. The average molecular weight is 600 g/mol. The quantitative estimate of drug-likeness (QED) is 0.284. The van der Waals surface area contributed by atoms with E-state index >= 15 is 0 Å². The summed E-state index contributed by atoms with van der Waals surface area (Å²) in [4.78, 5) is 34.6. The Morgan fingerprint density at radius 2 is 1.70 bits per heavy atom. The molecule has 0 spiro atoms. The smallest absolute Gasteiger partial charge is 0.337 e. The molecule has 6 rings (SSSR count). The van der Waals surface area contributed by atoms with E-state index in [0.717, 1.165) is 49.4 Å². The molecule has 3 aromatic rings. The first-order valence-corrected chi connectivity index (χ1v) is 16.0. The number of carboxylic acid groups (broad SMARTS) is 1. The van der Waals surface area contributed by atoms with Crippen molar-refractivity contribution in [2.24, 2.45) is 0 Å². The third-order valence-electron chi connectivity index (χ3n) is 9.15. The first-order valence-electron chi connectivity index (χ1n) is 16.0. The maximum absolute atomic E-state index is 13.7. The molecule has 44 heavy (non-hydrogen) atoms. The van der Waals surface area contributed by atoms with Crippen molar-refractivity contribution in [2.45, 2.75) is 90.3 Å². The molecule has 7 nitrogen and oxygen atoms in total. The predicted molar refractivity (Wildman–Crippen MR) is 168 cm³/mol. The summed E-state index contributed by atoms with van der Waals surface area (Å²) >= 11 is 0. The molecule has 3 aliphatic rings. The fourth-order valence-corrected chi connectivity index (χ4v) is 6.76. The van der Waals surface area contributed by atoms with E-state index in [4.69, 9.17) is 4.74 Å². The minimum atomic E-state index is -1.04. The summed E-state index contributed by atoms with van der Waals surface area (Å²) in [5.74, 6) is -0.0243. The third kappa shape index (κ3) is 6.23. The van der Waals surface area contributed by atoms with Gasteiger partial charge in [0.15, 0.2) is 0 Å². The van der Waals surface area contributed by atoms with E-state index in [1.807, 2.05) is 44.7 Å². The van der Waals surface area contributed by atoms with Gasteiger partial charge in [0.1, 0.15) is 11.6 Å². The van der Waals surface area contributed by atoms with Crippen LogP contribution in [0.5, 0.6) is 5.75 Å². The number of hydrogen-bond donors (Lipinski definition) is 1. The summed E-state index contributed by atoms with van der Waals surface area (Å²) in [5.41, 5.74) is 6.42. The lowest BCUT2D eigenvalue weighted by molar-refractivity contribution is 0.0542. The molecular formula is C36H42FN3O4. The molecule has 0 atom stereocenters. The van der Waals surface area contributed by atoms with E-state index in [1.54, 1.807) is 6.07 Å². The highest BCUT2D eigenvalue weighted by Gasteiger charge is 2.35. The number of carboxylic acids is 1. The molecule has 1 saturated carbocycles. The molecule has 232 valence electrons. The molecule has 8 heteroatoms. The average Bonchev–Trinajstić information content (AvgIpc) is 3.84. The van der Waals surface area contributed by atoms with Gasteiger partial charge in [0, 0.05) is 44.2 Å². The maximum atomic E-state index is 13.7.